The third kappa shape index (κ3) is 2.68. The highest BCUT2D eigenvalue weighted by molar-refractivity contribution is 6.84. The summed E-state index contributed by atoms with van der Waals surface area (Å²) in [5, 5.41) is 0. The molecule has 0 saturated carbocycles. The van der Waals surface area contributed by atoms with E-state index in [4.69, 9.17) is 0 Å². The van der Waals surface area contributed by atoms with Crippen LogP contribution in [0.15, 0.2) is 12.3 Å². The maximum Gasteiger partial charge on any atom is 0.0777 e. The van der Waals surface area contributed by atoms with E-state index in [1.54, 1.807) is 0 Å². The van der Waals surface area contributed by atoms with Gasteiger partial charge in [0.05, 0.1) is 8.07 Å². The van der Waals surface area contributed by atoms with E-state index >= 15 is 0 Å². The monoisotopic (exact) mass is 197 g/mol. The zero-order valence-corrected chi connectivity index (χ0v) is 10.2. The van der Waals surface area contributed by atoms with Crippen molar-refractivity contribution in [2.75, 3.05) is 19.6 Å². The molecule has 76 valence electrons. The van der Waals surface area contributed by atoms with E-state index in [1.165, 1.54) is 44.2 Å². The zero-order valence-electron chi connectivity index (χ0n) is 9.18. The summed E-state index contributed by atoms with van der Waals surface area (Å²) in [4.78, 5) is 2.58. The van der Waals surface area contributed by atoms with Gasteiger partial charge in [0.2, 0.25) is 0 Å². The van der Waals surface area contributed by atoms with Crippen LogP contribution in [-0.2, 0) is 0 Å². The van der Waals surface area contributed by atoms with Crippen LogP contribution in [0.3, 0.4) is 0 Å². The van der Waals surface area contributed by atoms with Gasteiger partial charge in [0.1, 0.15) is 0 Å². The van der Waals surface area contributed by atoms with Crippen molar-refractivity contribution in [1.29, 1.82) is 0 Å². The summed E-state index contributed by atoms with van der Waals surface area (Å²) < 4.78 is 0. The molecule has 1 heterocycles. The van der Waals surface area contributed by atoms with Crippen LogP contribution in [0.1, 0.15) is 20.3 Å². The molecule has 0 unspecified atom stereocenters. The van der Waals surface area contributed by atoms with Crippen molar-refractivity contribution in [1.82, 2.24) is 4.90 Å². The van der Waals surface area contributed by atoms with Crippen LogP contribution >= 0.6 is 0 Å². The molecule has 0 aliphatic carbocycles. The Morgan fingerprint density at radius 3 is 2.23 bits per heavy atom. The maximum absolute atomic E-state index is 4.04. The third-order valence-electron chi connectivity index (χ3n) is 3.72. The van der Waals surface area contributed by atoms with Crippen molar-refractivity contribution >= 4 is 8.07 Å². The second-order valence-electron chi connectivity index (χ2n) is 4.22. The fourth-order valence-electron chi connectivity index (χ4n) is 1.98. The summed E-state index contributed by atoms with van der Waals surface area (Å²) in [6.45, 7) is 12.7. The van der Waals surface area contributed by atoms with E-state index in [-0.39, 0.29) is 0 Å². The number of rotatable bonds is 6. The van der Waals surface area contributed by atoms with Crippen molar-refractivity contribution in [3.8, 4) is 0 Å². The fourth-order valence-corrected chi connectivity index (χ4v) is 4.73. The molecule has 1 aliphatic rings. The van der Waals surface area contributed by atoms with Crippen LogP contribution in [0, 0.1) is 0 Å². The Morgan fingerprint density at radius 2 is 1.92 bits per heavy atom. The molecule has 0 aromatic carbocycles. The number of likely N-dealkylation sites (tertiary alicyclic amines) is 1. The molecule has 1 fully saturated rings. The Labute approximate surface area is 83.8 Å². The number of nitrogens with zero attached hydrogens (tertiary/aromatic N) is 1. The number of hydrogen-bond donors (Lipinski definition) is 0. The van der Waals surface area contributed by atoms with Gasteiger partial charge in [0, 0.05) is 0 Å². The Hall–Kier alpha value is -0.0831. The molecule has 0 atom stereocenters. The molecule has 1 nitrogen and oxygen atoms in total. The molecule has 0 spiro atoms. The van der Waals surface area contributed by atoms with Gasteiger partial charge in [-0.3, -0.25) is 0 Å². The van der Waals surface area contributed by atoms with Crippen molar-refractivity contribution in [3.05, 3.63) is 12.3 Å². The first-order chi connectivity index (χ1) is 6.26. The van der Waals surface area contributed by atoms with Gasteiger partial charge in [-0.2, -0.15) is 0 Å². The lowest BCUT2D eigenvalue weighted by atomic mass is 10.2. The molecule has 13 heavy (non-hydrogen) atoms. The van der Waals surface area contributed by atoms with Gasteiger partial charge in [-0.1, -0.05) is 25.9 Å². The van der Waals surface area contributed by atoms with Crippen LogP contribution in [-0.4, -0.2) is 32.6 Å². The van der Waals surface area contributed by atoms with E-state index in [0.29, 0.717) is 0 Å². The Morgan fingerprint density at radius 1 is 1.31 bits per heavy atom. The molecule has 0 aromatic heterocycles. The fraction of sp³-hybridized carbons (Fsp3) is 0.818. The van der Waals surface area contributed by atoms with Gasteiger partial charge in [-0.05, 0) is 32.1 Å². The van der Waals surface area contributed by atoms with Gasteiger partial charge < -0.3 is 4.90 Å². The van der Waals surface area contributed by atoms with Gasteiger partial charge in [0.15, 0.2) is 0 Å². The molecule has 1 saturated heterocycles. The van der Waals surface area contributed by atoms with Gasteiger partial charge in [0.25, 0.3) is 0 Å². The molecular formula is C11H23NSi. The Bertz CT molecular complexity index is 159. The third-order valence-corrected chi connectivity index (χ3v) is 8.62. The van der Waals surface area contributed by atoms with Crippen molar-refractivity contribution < 1.29 is 0 Å². The second kappa shape index (κ2) is 4.96. The lowest BCUT2D eigenvalue weighted by Crippen LogP contribution is -2.42. The maximum atomic E-state index is 4.04. The SMILES string of the molecule is C=C[Si](CC)(CC)CCN1CCC1. The Kier molecular flexibility index (Phi) is 4.20. The lowest BCUT2D eigenvalue weighted by Gasteiger charge is -2.34. The molecule has 0 amide bonds. The molecule has 0 aromatic rings. The Balaban J connectivity index is 2.31. The summed E-state index contributed by atoms with van der Waals surface area (Å²) in [5.41, 5.74) is 2.31. The highest BCUT2D eigenvalue weighted by Gasteiger charge is 2.26. The normalized spacial score (nSPS) is 18.3. The summed E-state index contributed by atoms with van der Waals surface area (Å²) >= 11 is 0. The predicted molar refractivity (Wildman–Crippen MR) is 62.8 cm³/mol. The van der Waals surface area contributed by atoms with Crippen LogP contribution in [0.25, 0.3) is 0 Å². The average molecular weight is 197 g/mol. The van der Waals surface area contributed by atoms with Crippen LogP contribution in [0.4, 0.5) is 0 Å². The molecule has 0 N–H and O–H groups in total. The van der Waals surface area contributed by atoms with Crippen molar-refractivity contribution in [3.63, 3.8) is 0 Å². The van der Waals surface area contributed by atoms with Gasteiger partial charge >= 0.3 is 0 Å². The first-order valence-corrected chi connectivity index (χ1v) is 8.32. The first kappa shape index (κ1) is 11.0. The zero-order chi connectivity index (χ0) is 9.73. The minimum atomic E-state index is -1.04. The summed E-state index contributed by atoms with van der Waals surface area (Å²) in [7, 11) is -1.04. The molecule has 0 radical (unpaired) electrons. The molecule has 0 bridgehead atoms. The standard InChI is InChI=1S/C11H23NSi/c1-4-13(5-2,6-3)11-10-12-8-7-9-12/h4H,1,5-11H2,2-3H3. The highest BCUT2D eigenvalue weighted by atomic mass is 28.3. The highest BCUT2D eigenvalue weighted by Crippen LogP contribution is 2.23. The van der Waals surface area contributed by atoms with E-state index in [2.05, 4.69) is 31.0 Å². The van der Waals surface area contributed by atoms with Crippen LogP contribution in [0.5, 0.6) is 0 Å². The summed E-state index contributed by atoms with van der Waals surface area (Å²) in [6.07, 6.45) is 1.42. The topological polar surface area (TPSA) is 3.24 Å². The quantitative estimate of drug-likeness (QED) is 0.592. The van der Waals surface area contributed by atoms with Crippen LogP contribution < -0.4 is 0 Å². The smallest absolute Gasteiger partial charge is 0.0777 e. The minimum absolute atomic E-state index is 1.04. The molecule has 2 heteroatoms. The van der Waals surface area contributed by atoms with Crippen molar-refractivity contribution in [2.24, 2.45) is 0 Å². The van der Waals surface area contributed by atoms with E-state index in [1.807, 2.05) is 0 Å². The second-order valence-corrected chi connectivity index (χ2v) is 9.27. The van der Waals surface area contributed by atoms with E-state index < -0.39 is 8.07 Å². The predicted octanol–water partition coefficient (Wildman–Crippen LogP) is 2.91. The number of hydrogen-bond acceptors (Lipinski definition) is 1. The van der Waals surface area contributed by atoms with E-state index in [9.17, 15) is 0 Å². The van der Waals surface area contributed by atoms with Gasteiger partial charge in [-0.15, -0.1) is 12.3 Å². The van der Waals surface area contributed by atoms with Crippen molar-refractivity contribution in [2.45, 2.75) is 38.4 Å². The van der Waals surface area contributed by atoms with Gasteiger partial charge in [-0.25, -0.2) is 0 Å². The molecule has 1 aliphatic heterocycles. The minimum Gasteiger partial charge on any atom is -0.304 e. The average Bonchev–Trinajstić information content (AvgIpc) is 2.11. The largest absolute Gasteiger partial charge is 0.304 e. The lowest BCUT2D eigenvalue weighted by molar-refractivity contribution is 0.191. The first-order valence-electron chi connectivity index (χ1n) is 5.62. The molecule has 1 rings (SSSR count). The van der Waals surface area contributed by atoms with E-state index in [0.717, 1.165) is 0 Å². The van der Waals surface area contributed by atoms with Crippen LogP contribution in [0.2, 0.25) is 18.1 Å². The summed E-state index contributed by atoms with van der Waals surface area (Å²) in [5.74, 6) is 0. The summed E-state index contributed by atoms with van der Waals surface area (Å²) in [6, 6.07) is 4.19. The molecular weight excluding hydrogens is 174 g/mol.